The van der Waals surface area contributed by atoms with Crippen molar-refractivity contribution in [3.8, 4) is 6.07 Å². The number of thiol groups is 1. The van der Waals surface area contributed by atoms with Crippen LogP contribution in [0, 0.1) is 49.6 Å². The van der Waals surface area contributed by atoms with Crippen LogP contribution in [0.1, 0.15) is 42.0 Å². The summed E-state index contributed by atoms with van der Waals surface area (Å²) in [7, 11) is 2.60. The first-order chi connectivity index (χ1) is 22.5. The van der Waals surface area contributed by atoms with Gasteiger partial charge in [-0.05, 0) is 39.0 Å². The molecule has 0 bridgehead atoms. The Labute approximate surface area is 323 Å². The largest absolute Gasteiger partial charge is 1.00 e. The summed E-state index contributed by atoms with van der Waals surface area (Å²) < 4.78 is 47.9. The monoisotopic (exact) mass is 782 g/mol. The number of rotatable bonds is 3. The van der Waals surface area contributed by atoms with Gasteiger partial charge in [-0.2, -0.15) is 17.9 Å². The summed E-state index contributed by atoms with van der Waals surface area (Å²) in [6.45, 7) is 4.57. The number of methoxy groups -OCH3 is 2. The number of hydrogen-bond acceptors (Lipinski definition) is 15. The third kappa shape index (κ3) is 11.7. The minimum absolute atomic E-state index is 0. The number of fused-ring (bicyclic) bond motifs is 2. The van der Waals surface area contributed by atoms with Crippen molar-refractivity contribution in [1.82, 2.24) is 15.0 Å². The molecule has 0 fully saturated rings. The zero-order valence-electron chi connectivity index (χ0n) is 27.1. The van der Waals surface area contributed by atoms with Crippen molar-refractivity contribution in [2.75, 3.05) is 31.4 Å². The maximum atomic E-state index is 13.3. The van der Waals surface area contributed by atoms with E-state index in [0.717, 1.165) is 28.7 Å². The molecule has 0 aliphatic heterocycles. The Morgan fingerprint density at radius 1 is 0.880 bits per heavy atom. The molecule has 0 aliphatic rings. The molecule has 5 aromatic heterocycles. The van der Waals surface area contributed by atoms with Gasteiger partial charge in [0, 0.05) is 10.8 Å². The average molecular weight is 783 g/mol. The summed E-state index contributed by atoms with van der Waals surface area (Å²) in [4.78, 5) is 44.8. The van der Waals surface area contributed by atoms with Gasteiger partial charge in [0.05, 0.1) is 54.0 Å². The molecule has 0 unspecified atom stereocenters. The SMILES string of the molecule is COC(=O)CS.COC(=O)c1sc2nc(C)c(F)cc2c1N.Cc1nc(Cl)c(C#N)cc1F.Cc1nc2sc(C(=O)O)c(N)c2cc1F.[Na+].[OH-]. The van der Waals surface area contributed by atoms with E-state index in [1.807, 2.05) is 0 Å². The van der Waals surface area contributed by atoms with Gasteiger partial charge in [-0.15, -0.1) is 22.7 Å². The van der Waals surface area contributed by atoms with E-state index >= 15 is 0 Å². The zero-order valence-corrected chi connectivity index (χ0v) is 32.4. The molecule has 0 atom stereocenters. The molecule has 0 aliphatic carbocycles. The molecule has 0 amide bonds. The van der Waals surface area contributed by atoms with E-state index < -0.39 is 29.4 Å². The minimum atomic E-state index is -1.12. The topological polar surface area (TPSA) is 234 Å². The van der Waals surface area contributed by atoms with E-state index in [1.165, 1.54) is 40.2 Å². The van der Waals surface area contributed by atoms with Crippen LogP contribution in [-0.4, -0.2) is 63.4 Å². The second kappa shape index (κ2) is 20.8. The van der Waals surface area contributed by atoms with Crippen LogP contribution in [0.15, 0.2) is 18.2 Å². The average Bonchev–Trinajstić information content (AvgIpc) is 3.54. The number of nitriles is 1. The van der Waals surface area contributed by atoms with Gasteiger partial charge < -0.3 is 31.5 Å². The van der Waals surface area contributed by atoms with E-state index in [0.29, 0.717) is 20.4 Å². The van der Waals surface area contributed by atoms with E-state index in [-0.39, 0.29) is 95.7 Å². The quantitative estimate of drug-likeness (QED) is 0.0893. The summed E-state index contributed by atoms with van der Waals surface area (Å²) >= 11 is 11.2. The van der Waals surface area contributed by atoms with Gasteiger partial charge in [0.2, 0.25) is 0 Å². The molecule has 5 heterocycles. The fraction of sp³-hybridized carbons (Fsp3) is 0.207. The van der Waals surface area contributed by atoms with Gasteiger partial charge >= 0.3 is 47.5 Å². The Balaban J connectivity index is 0.000000663. The number of ether oxygens (including phenoxy) is 2. The van der Waals surface area contributed by atoms with Crippen LogP contribution in [0.25, 0.3) is 20.4 Å². The number of aromatic nitrogens is 3. The molecule has 0 saturated carbocycles. The third-order valence-corrected chi connectivity index (χ3v) is 8.59. The molecule has 6 N–H and O–H groups in total. The summed E-state index contributed by atoms with van der Waals surface area (Å²) in [5.41, 5.74) is 12.4. The van der Waals surface area contributed by atoms with E-state index in [2.05, 4.69) is 37.1 Å². The van der Waals surface area contributed by atoms with Crippen molar-refractivity contribution in [3.05, 3.63) is 73.2 Å². The van der Waals surface area contributed by atoms with Crippen molar-refractivity contribution in [3.63, 3.8) is 0 Å². The van der Waals surface area contributed by atoms with Gasteiger partial charge in [0.15, 0.2) is 0 Å². The Morgan fingerprint density at radius 2 is 1.30 bits per heavy atom. The standard InChI is InChI=1S/C10H9FN2O2S.C9H7FN2O2S.C7H4ClFN2.C3H6O2S.Na.H2O/c1-4-6(11)3-5-7(12)8(10(14)15-2)16-9(5)13-4;1-3-5(10)2-4-6(11)7(9(13)14)15-8(4)12-3;1-4-6(9)2-5(3-10)7(8)11-4;1-5-3(4)2-6;;/h3H,12H2,1-2H3;2H,11H2,1H3,(H,13,14);2H,1H3;6H,2H2,1H3;;1H2/q;;;;+1;/p-1. The number of thiophene rings is 2. The number of nitrogens with zero attached hydrogens (tertiary/aromatic N) is 4. The van der Waals surface area contributed by atoms with E-state index in [1.54, 1.807) is 13.0 Å². The van der Waals surface area contributed by atoms with E-state index in [9.17, 15) is 27.6 Å². The Bertz CT molecular complexity index is 2060. The number of aryl methyl sites for hydroxylation is 3. The molecule has 5 aromatic rings. The van der Waals surface area contributed by atoms with Gasteiger partial charge in [-0.25, -0.2) is 37.7 Å². The number of halogens is 4. The molecule has 0 spiro atoms. The first-order valence-corrected chi connectivity index (χ1v) is 15.6. The van der Waals surface area contributed by atoms with Crippen LogP contribution >= 0.6 is 46.9 Å². The zero-order chi connectivity index (χ0) is 36.5. The Hall–Kier alpha value is -3.74. The van der Waals surface area contributed by atoms with Crippen molar-refractivity contribution in [2.24, 2.45) is 0 Å². The van der Waals surface area contributed by atoms with Gasteiger partial charge in [-0.3, -0.25) is 4.79 Å². The molecular weight excluding hydrogens is 756 g/mol. The van der Waals surface area contributed by atoms with Crippen molar-refractivity contribution in [2.45, 2.75) is 20.8 Å². The number of nitrogen functional groups attached to an aromatic ring is 2. The Kier molecular flexibility index (Phi) is 19.3. The second-order valence-corrected chi connectivity index (χ2v) is 11.7. The predicted molar refractivity (Wildman–Crippen MR) is 182 cm³/mol. The van der Waals surface area contributed by atoms with Crippen LogP contribution in [0.4, 0.5) is 24.5 Å². The predicted octanol–water partition coefficient (Wildman–Crippen LogP) is 3.11. The summed E-state index contributed by atoms with van der Waals surface area (Å²) in [6, 6.07) is 5.31. The summed E-state index contributed by atoms with van der Waals surface area (Å²) in [5, 5.41) is 18.1. The van der Waals surface area contributed by atoms with Crippen LogP contribution in [0.2, 0.25) is 5.15 Å². The van der Waals surface area contributed by atoms with Crippen LogP contribution in [0.5, 0.6) is 0 Å². The van der Waals surface area contributed by atoms with Crippen molar-refractivity contribution in [1.29, 1.82) is 5.26 Å². The van der Waals surface area contributed by atoms with Gasteiger partial charge in [0.25, 0.3) is 0 Å². The normalized spacial score (nSPS) is 9.62. The molecule has 0 radical (unpaired) electrons. The van der Waals surface area contributed by atoms with Gasteiger partial charge in [0.1, 0.15) is 48.1 Å². The Morgan fingerprint density at radius 3 is 1.68 bits per heavy atom. The van der Waals surface area contributed by atoms with Crippen LogP contribution in [0.3, 0.4) is 0 Å². The smallest absolute Gasteiger partial charge is 0.870 e. The summed E-state index contributed by atoms with van der Waals surface area (Å²) in [5.74, 6) is -3.20. The molecule has 50 heavy (non-hydrogen) atoms. The third-order valence-electron chi connectivity index (χ3n) is 5.85. The molecule has 13 nitrogen and oxygen atoms in total. The van der Waals surface area contributed by atoms with Crippen molar-refractivity contribution >= 4 is 96.6 Å². The molecular formula is C29H27ClF3N6NaO7S3. The number of carbonyl (C=O) groups is 3. The number of nitrogens with two attached hydrogens (primary N) is 2. The number of carboxylic acid groups (broad SMARTS) is 1. The number of anilines is 2. The van der Waals surface area contributed by atoms with Crippen molar-refractivity contribution < 1.29 is 77.2 Å². The number of hydrogen-bond donors (Lipinski definition) is 4. The van der Waals surface area contributed by atoms with E-state index in [4.69, 9.17) is 33.4 Å². The molecule has 21 heteroatoms. The number of carboxylic acids is 1. The first kappa shape index (κ1) is 46.3. The minimum Gasteiger partial charge on any atom is -0.870 e. The number of carbonyl (C=O) groups excluding carboxylic acids is 2. The molecule has 0 saturated heterocycles. The molecule has 5 rings (SSSR count). The van der Waals surface area contributed by atoms with Gasteiger partial charge in [-0.1, -0.05) is 11.6 Å². The first-order valence-electron chi connectivity index (χ1n) is 12.9. The summed E-state index contributed by atoms with van der Waals surface area (Å²) in [6.07, 6.45) is 0. The number of aromatic carboxylic acids is 1. The van der Waals surface area contributed by atoms with Crippen LogP contribution < -0.4 is 41.0 Å². The number of esters is 2. The van der Waals surface area contributed by atoms with Crippen LogP contribution in [-0.2, 0) is 14.3 Å². The molecule has 0 aromatic carbocycles. The fourth-order valence-electron chi connectivity index (χ4n) is 3.30. The number of pyridine rings is 3. The second-order valence-electron chi connectivity index (χ2n) is 9.04. The maximum Gasteiger partial charge on any atom is 1.00 e. The fourth-order valence-corrected chi connectivity index (χ4v) is 5.66. The maximum absolute atomic E-state index is 13.3. The molecule has 262 valence electrons.